The zero-order valence-electron chi connectivity index (χ0n) is 20.6. The smallest absolute Gasteiger partial charge is 0.341 e. The Morgan fingerprint density at radius 2 is 1.82 bits per heavy atom. The van der Waals surface area contributed by atoms with E-state index < -0.39 is 40.0 Å². The molecule has 0 aliphatic carbocycles. The lowest BCUT2D eigenvalue weighted by Gasteiger charge is -2.13. The van der Waals surface area contributed by atoms with Gasteiger partial charge in [-0.2, -0.15) is 4.98 Å². The van der Waals surface area contributed by atoms with Crippen molar-refractivity contribution in [3.8, 4) is 11.5 Å². The summed E-state index contributed by atoms with van der Waals surface area (Å²) in [6, 6.07) is 8.01. The molecule has 38 heavy (non-hydrogen) atoms. The summed E-state index contributed by atoms with van der Waals surface area (Å²) in [5.74, 6) is -0.567. The maximum Gasteiger partial charge on any atom is 0.341 e. The summed E-state index contributed by atoms with van der Waals surface area (Å²) in [6.45, 7) is 2.62. The van der Waals surface area contributed by atoms with E-state index in [0.29, 0.717) is 17.0 Å². The van der Waals surface area contributed by atoms with Crippen LogP contribution in [0.15, 0.2) is 52.6 Å². The number of benzene rings is 1. The number of carboxylic acid groups (broad SMARTS) is 1. The highest BCUT2D eigenvalue weighted by molar-refractivity contribution is 7.91. The number of rotatable bonds is 10. The van der Waals surface area contributed by atoms with Crippen LogP contribution in [0.3, 0.4) is 0 Å². The molecule has 0 spiro atoms. The van der Waals surface area contributed by atoms with Crippen molar-refractivity contribution in [2.24, 2.45) is 0 Å². The Morgan fingerprint density at radius 1 is 1.11 bits per heavy atom. The van der Waals surface area contributed by atoms with Gasteiger partial charge in [-0.15, -0.1) is 0 Å². The molecule has 4 aromatic rings. The number of nitrogens with zero attached hydrogens (tertiary/aromatic N) is 4. The predicted octanol–water partition coefficient (Wildman–Crippen LogP) is 1.95. The number of aromatic nitrogens is 4. The predicted molar refractivity (Wildman–Crippen MR) is 136 cm³/mol. The van der Waals surface area contributed by atoms with Crippen LogP contribution in [0, 0.1) is 13.8 Å². The van der Waals surface area contributed by atoms with Gasteiger partial charge >= 0.3 is 5.97 Å². The number of methoxy groups -OCH3 is 1. The molecule has 200 valence electrons. The van der Waals surface area contributed by atoms with E-state index in [9.17, 15) is 22.5 Å². The normalized spacial score (nSPS) is 12.4. The molecule has 3 heterocycles. The molecule has 0 saturated carbocycles. The first-order valence-corrected chi connectivity index (χ1v) is 13.9. The van der Waals surface area contributed by atoms with Crippen molar-refractivity contribution >= 4 is 38.0 Å². The minimum atomic E-state index is -4.35. The second-order valence-corrected chi connectivity index (χ2v) is 11.3. The lowest BCUT2D eigenvalue weighted by Crippen LogP contribution is -2.18. The number of ether oxygens (including phenoxy) is 2. The standard InChI is InChI=1S/C24H24N4O8S2/c1-14-10-25-19(15(2)22(14)35-3)13-37(32)24-27-23-20(9-4-16(11-29)26-23)28(24)38(33,34)18-7-5-17(6-8-18)36-12-21(30)31/h4-10,29H,11-13H2,1-3H3,(H,30,31). The number of carbonyl (C=O) groups is 1. The molecule has 0 fully saturated rings. The quantitative estimate of drug-likeness (QED) is 0.290. The van der Waals surface area contributed by atoms with E-state index in [-0.39, 0.29) is 38.4 Å². The van der Waals surface area contributed by atoms with Crippen molar-refractivity contribution in [1.29, 1.82) is 0 Å². The van der Waals surface area contributed by atoms with Gasteiger partial charge in [0.15, 0.2) is 12.3 Å². The van der Waals surface area contributed by atoms with E-state index >= 15 is 0 Å². The van der Waals surface area contributed by atoms with Crippen LogP contribution in [0.5, 0.6) is 11.5 Å². The van der Waals surface area contributed by atoms with Gasteiger partial charge in [-0.25, -0.2) is 22.2 Å². The molecular weight excluding hydrogens is 536 g/mol. The van der Waals surface area contributed by atoms with Gasteiger partial charge in [-0.3, -0.25) is 9.19 Å². The number of carboxylic acids is 1. The maximum absolute atomic E-state index is 13.8. The number of aryl methyl sites for hydroxylation is 1. The minimum absolute atomic E-state index is 0.00365. The van der Waals surface area contributed by atoms with Crippen molar-refractivity contribution in [2.75, 3.05) is 13.7 Å². The Kier molecular flexibility index (Phi) is 7.76. The van der Waals surface area contributed by atoms with Crippen molar-refractivity contribution in [3.05, 3.63) is 65.1 Å². The number of aliphatic carboxylic acids is 1. The van der Waals surface area contributed by atoms with Gasteiger partial charge in [0.05, 0.1) is 46.6 Å². The molecule has 1 aromatic carbocycles. The Labute approximate surface area is 220 Å². The molecule has 0 amide bonds. The van der Waals surface area contributed by atoms with E-state index in [0.717, 1.165) is 9.54 Å². The van der Waals surface area contributed by atoms with Gasteiger partial charge in [-0.05, 0) is 50.2 Å². The average Bonchev–Trinajstić information content (AvgIpc) is 3.29. The molecule has 12 nitrogen and oxygen atoms in total. The summed E-state index contributed by atoms with van der Waals surface area (Å²) in [6.07, 6.45) is 1.58. The average molecular weight is 561 g/mol. The fourth-order valence-corrected chi connectivity index (χ4v) is 6.81. The number of hydrogen-bond donors (Lipinski definition) is 2. The van der Waals surface area contributed by atoms with Crippen LogP contribution in [-0.4, -0.2) is 61.5 Å². The van der Waals surface area contributed by atoms with Gasteiger partial charge < -0.3 is 19.7 Å². The molecule has 1 atom stereocenters. The summed E-state index contributed by atoms with van der Waals surface area (Å²) in [7, 11) is -4.81. The fraction of sp³-hybridized carbons (Fsp3) is 0.250. The first kappa shape index (κ1) is 27.2. The highest BCUT2D eigenvalue weighted by Gasteiger charge is 2.29. The van der Waals surface area contributed by atoms with E-state index in [2.05, 4.69) is 15.0 Å². The lowest BCUT2D eigenvalue weighted by molar-refractivity contribution is -0.139. The van der Waals surface area contributed by atoms with Gasteiger partial charge in [0.25, 0.3) is 10.0 Å². The van der Waals surface area contributed by atoms with Gasteiger partial charge in [0, 0.05) is 17.3 Å². The number of imidazole rings is 1. The third-order valence-electron chi connectivity index (χ3n) is 5.61. The monoisotopic (exact) mass is 560 g/mol. The molecule has 0 bridgehead atoms. The molecule has 0 radical (unpaired) electrons. The van der Waals surface area contributed by atoms with Gasteiger partial charge in [-0.1, -0.05) is 0 Å². The molecule has 14 heteroatoms. The molecular formula is C24H24N4O8S2. The third kappa shape index (κ3) is 5.23. The first-order valence-electron chi connectivity index (χ1n) is 11.1. The van der Waals surface area contributed by atoms with E-state index in [4.69, 9.17) is 14.6 Å². The number of aliphatic hydroxyl groups is 1. The third-order valence-corrected chi connectivity index (χ3v) is 8.66. The molecule has 0 saturated heterocycles. The van der Waals surface area contributed by atoms with Crippen LogP contribution in [-0.2, 0) is 38.0 Å². The van der Waals surface area contributed by atoms with Crippen molar-refractivity contribution in [3.63, 3.8) is 0 Å². The van der Waals surface area contributed by atoms with Crippen molar-refractivity contribution < 1.29 is 37.1 Å². The van der Waals surface area contributed by atoms with Crippen LogP contribution >= 0.6 is 0 Å². The molecule has 0 aliphatic heterocycles. The Balaban J connectivity index is 1.81. The highest BCUT2D eigenvalue weighted by atomic mass is 32.2. The van der Waals surface area contributed by atoms with Crippen LogP contribution in [0.4, 0.5) is 0 Å². The number of fused-ring (bicyclic) bond motifs is 1. The summed E-state index contributed by atoms with van der Waals surface area (Å²) >= 11 is 0. The van der Waals surface area contributed by atoms with E-state index in [1.807, 2.05) is 6.92 Å². The van der Waals surface area contributed by atoms with Gasteiger partial charge in [0.2, 0.25) is 5.16 Å². The zero-order chi connectivity index (χ0) is 27.6. The fourth-order valence-electron chi connectivity index (χ4n) is 3.79. The first-order chi connectivity index (χ1) is 18.1. The summed E-state index contributed by atoms with van der Waals surface area (Å²) < 4.78 is 52.5. The van der Waals surface area contributed by atoms with Crippen molar-refractivity contribution in [2.45, 2.75) is 36.3 Å². The number of pyridine rings is 2. The SMILES string of the molecule is COc1c(C)cnc(CS(=O)c2nc3nc(CO)ccc3n2S(=O)(=O)c2ccc(OCC(=O)O)cc2)c1C. The van der Waals surface area contributed by atoms with E-state index in [1.54, 1.807) is 13.1 Å². The Bertz CT molecular complexity index is 1650. The van der Waals surface area contributed by atoms with Crippen LogP contribution in [0.25, 0.3) is 11.2 Å². The van der Waals surface area contributed by atoms with E-state index in [1.165, 1.54) is 43.5 Å². The van der Waals surface area contributed by atoms with Crippen LogP contribution in [0.2, 0.25) is 0 Å². The largest absolute Gasteiger partial charge is 0.496 e. The van der Waals surface area contributed by atoms with Crippen LogP contribution in [0.1, 0.15) is 22.5 Å². The summed E-state index contributed by atoms with van der Waals surface area (Å²) in [4.78, 5) is 23.4. The number of aliphatic hydroxyl groups excluding tert-OH is 1. The number of hydrogen-bond acceptors (Lipinski definition) is 10. The Hall–Kier alpha value is -3.88. The minimum Gasteiger partial charge on any atom is -0.496 e. The summed E-state index contributed by atoms with van der Waals surface area (Å²) in [5, 5.41) is 18.0. The highest BCUT2D eigenvalue weighted by Crippen LogP contribution is 2.29. The molecule has 2 N–H and O–H groups in total. The van der Waals surface area contributed by atoms with Gasteiger partial charge in [0.1, 0.15) is 17.0 Å². The zero-order valence-corrected chi connectivity index (χ0v) is 22.2. The van der Waals surface area contributed by atoms with Crippen molar-refractivity contribution in [1.82, 2.24) is 18.9 Å². The second-order valence-electron chi connectivity index (χ2n) is 8.16. The van der Waals surface area contributed by atoms with Crippen LogP contribution < -0.4 is 9.47 Å². The molecule has 0 aliphatic rings. The second kappa shape index (κ2) is 10.8. The maximum atomic E-state index is 13.8. The summed E-state index contributed by atoms with van der Waals surface area (Å²) in [5.41, 5.74) is 2.25. The topological polar surface area (TPSA) is 171 Å². The Morgan fingerprint density at radius 3 is 2.45 bits per heavy atom. The molecule has 1 unspecified atom stereocenters. The molecule has 4 rings (SSSR count). The lowest BCUT2D eigenvalue weighted by atomic mass is 10.1. The molecule has 3 aromatic heterocycles.